The molecular formula is C24H19N3O3Se. The van der Waals surface area contributed by atoms with Gasteiger partial charge in [-0.3, -0.25) is 0 Å². The van der Waals surface area contributed by atoms with Gasteiger partial charge in [-0.25, -0.2) is 0 Å². The van der Waals surface area contributed by atoms with Crippen molar-refractivity contribution in [3.63, 3.8) is 0 Å². The molecule has 7 heteroatoms. The molecule has 154 valence electrons. The number of anilines is 3. The van der Waals surface area contributed by atoms with Crippen LogP contribution in [0.15, 0.2) is 66.2 Å². The maximum absolute atomic E-state index is 12.2. The summed E-state index contributed by atoms with van der Waals surface area (Å²) in [5, 5.41) is 4.28. The molecule has 3 heterocycles. The second kappa shape index (κ2) is 7.08. The van der Waals surface area contributed by atoms with Crippen LogP contribution < -0.4 is 15.5 Å². The molecule has 0 radical (unpaired) electrons. The van der Waals surface area contributed by atoms with Gasteiger partial charge in [0.05, 0.1) is 0 Å². The van der Waals surface area contributed by atoms with Crippen LogP contribution in [0.25, 0.3) is 6.08 Å². The number of fused-ring (bicyclic) bond motifs is 2. The molecular weight excluding hydrogens is 457 g/mol. The van der Waals surface area contributed by atoms with Crippen LogP contribution in [0.4, 0.5) is 20.7 Å². The Morgan fingerprint density at radius 2 is 1.52 bits per heavy atom. The predicted molar refractivity (Wildman–Crippen MR) is 120 cm³/mol. The van der Waals surface area contributed by atoms with Gasteiger partial charge in [0.25, 0.3) is 0 Å². The fraction of sp³-hybridized carbons (Fsp3) is 0.125. The summed E-state index contributed by atoms with van der Waals surface area (Å²) in [4.78, 5) is 38.1. The van der Waals surface area contributed by atoms with Crippen molar-refractivity contribution in [2.24, 2.45) is 0 Å². The number of urea groups is 1. The Labute approximate surface area is 185 Å². The number of barbiturate groups is 1. The van der Waals surface area contributed by atoms with Gasteiger partial charge < -0.3 is 0 Å². The monoisotopic (exact) mass is 477 g/mol. The zero-order valence-corrected chi connectivity index (χ0v) is 18.6. The number of nitrogens with zero attached hydrogens (tertiary/aromatic N) is 1. The fourth-order valence-corrected chi connectivity index (χ4v) is 6.84. The van der Waals surface area contributed by atoms with E-state index >= 15 is 0 Å². The number of rotatable bonds is 2. The Morgan fingerprint density at radius 3 is 2.23 bits per heavy atom. The van der Waals surface area contributed by atoms with Gasteiger partial charge >= 0.3 is 185 Å². The molecule has 0 bridgehead atoms. The molecule has 0 atom stereocenters. The number of benzene rings is 2. The first-order valence-electron chi connectivity index (χ1n) is 9.83. The van der Waals surface area contributed by atoms with Gasteiger partial charge in [0.15, 0.2) is 0 Å². The molecule has 5 rings (SSSR count). The van der Waals surface area contributed by atoms with Gasteiger partial charge in [-0.2, -0.15) is 0 Å². The van der Waals surface area contributed by atoms with Crippen molar-refractivity contribution in [2.75, 3.05) is 4.90 Å². The molecule has 2 aliphatic rings. The SMILES string of the molecule is CC1(C)c2ccccc2N(c2ccccc2)c2[se]c(C=C3C(=O)NC(=O)NC3=O)cc21. The average molecular weight is 476 g/mol. The zero-order chi connectivity index (χ0) is 21.8. The summed E-state index contributed by atoms with van der Waals surface area (Å²) in [6.07, 6.45) is 1.61. The van der Waals surface area contributed by atoms with E-state index in [4.69, 9.17) is 0 Å². The summed E-state index contributed by atoms with van der Waals surface area (Å²) in [6.45, 7) is 4.40. The first kappa shape index (κ1) is 19.5. The zero-order valence-electron chi connectivity index (χ0n) is 16.9. The van der Waals surface area contributed by atoms with Crippen LogP contribution >= 0.6 is 0 Å². The topological polar surface area (TPSA) is 78.5 Å². The number of carbonyl (C=O) groups excluding carboxylic acids is 3. The van der Waals surface area contributed by atoms with E-state index in [1.807, 2.05) is 24.3 Å². The van der Waals surface area contributed by atoms with Gasteiger partial charge in [0, 0.05) is 0 Å². The van der Waals surface area contributed by atoms with Crippen LogP contribution in [0.1, 0.15) is 29.4 Å². The van der Waals surface area contributed by atoms with Crippen LogP contribution in [0.3, 0.4) is 0 Å². The van der Waals surface area contributed by atoms with Crippen molar-refractivity contribution in [1.82, 2.24) is 10.6 Å². The van der Waals surface area contributed by atoms with Gasteiger partial charge in [0.1, 0.15) is 0 Å². The van der Waals surface area contributed by atoms with Crippen LogP contribution in [0, 0.1) is 0 Å². The van der Waals surface area contributed by atoms with E-state index in [0.717, 1.165) is 15.8 Å². The van der Waals surface area contributed by atoms with Crippen molar-refractivity contribution in [3.8, 4) is 0 Å². The Morgan fingerprint density at radius 1 is 0.871 bits per heavy atom. The third-order valence-electron chi connectivity index (χ3n) is 5.67. The number of hydrogen-bond donors (Lipinski definition) is 2. The van der Waals surface area contributed by atoms with Crippen molar-refractivity contribution in [3.05, 3.63) is 81.8 Å². The first-order valence-corrected chi connectivity index (χ1v) is 11.5. The third-order valence-corrected chi connectivity index (χ3v) is 7.91. The van der Waals surface area contributed by atoms with Gasteiger partial charge in [-0.05, 0) is 0 Å². The Balaban J connectivity index is 1.69. The van der Waals surface area contributed by atoms with Crippen molar-refractivity contribution >= 4 is 54.4 Å². The summed E-state index contributed by atoms with van der Waals surface area (Å²) in [5.41, 5.74) is 4.33. The number of carbonyl (C=O) groups is 3. The molecule has 4 amide bonds. The molecule has 31 heavy (non-hydrogen) atoms. The normalized spacial score (nSPS) is 16.9. The molecule has 1 aromatic heterocycles. The van der Waals surface area contributed by atoms with E-state index in [-0.39, 0.29) is 25.5 Å². The van der Waals surface area contributed by atoms with Gasteiger partial charge in [0.2, 0.25) is 0 Å². The Kier molecular flexibility index (Phi) is 4.46. The summed E-state index contributed by atoms with van der Waals surface area (Å²) < 4.78 is 2.09. The third kappa shape index (κ3) is 3.14. The number of para-hydroxylation sites is 2. The standard InChI is InChI=1S/C24H19N3O3Se/c1-24(2)17-10-6-7-11-19(17)27(14-8-4-3-5-9-14)22-18(24)13-15(31-22)12-16-20(28)25-23(30)26-21(16)29/h3-13H,1-2H3,(H2,25,26,28,29,30). The van der Waals surface area contributed by atoms with E-state index in [1.165, 1.54) is 15.7 Å². The van der Waals surface area contributed by atoms with Crippen LogP contribution in [0.2, 0.25) is 0 Å². The van der Waals surface area contributed by atoms with Crippen LogP contribution in [0.5, 0.6) is 0 Å². The van der Waals surface area contributed by atoms with Crippen LogP contribution in [-0.4, -0.2) is 32.3 Å². The van der Waals surface area contributed by atoms with E-state index in [0.29, 0.717) is 0 Å². The molecule has 2 aliphatic heterocycles. The molecule has 0 saturated carbocycles. The van der Waals surface area contributed by atoms with E-state index in [1.54, 1.807) is 6.08 Å². The van der Waals surface area contributed by atoms with Crippen molar-refractivity contribution in [2.45, 2.75) is 19.3 Å². The molecule has 1 fully saturated rings. The van der Waals surface area contributed by atoms with Gasteiger partial charge in [-0.1, -0.05) is 0 Å². The number of hydrogen-bond acceptors (Lipinski definition) is 4. The number of nitrogens with one attached hydrogen (secondary N) is 2. The van der Waals surface area contributed by atoms with Crippen molar-refractivity contribution in [1.29, 1.82) is 0 Å². The molecule has 2 aromatic carbocycles. The summed E-state index contributed by atoms with van der Waals surface area (Å²) in [7, 11) is 0. The summed E-state index contributed by atoms with van der Waals surface area (Å²) in [5.74, 6) is -1.34. The Bertz CT molecular complexity index is 1250. The molecule has 0 spiro atoms. The van der Waals surface area contributed by atoms with Gasteiger partial charge in [-0.15, -0.1) is 0 Å². The molecule has 0 unspecified atom stereocenters. The second-order valence-electron chi connectivity index (χ2n) is 7.98. The first-order chi connectivity index (χ1) is 14.9. The van der Waals surface area contributed by atoms with Crippen LogP contribution in [-0.2, 0) is 15.0 Å². The minimum atomic E-state index is -0.790. The number of amides is 4. The quantitative estimate of drug-likeness (QED) is 0.337. The minimum absolute atomic E-state index is 0.0471. The van der Waals surface area contributed by atoms with E-state index in [2.05, 4.69) is 65.8 Å². The van der Waals surface area contributed by atoms with E-state index < -0.39 is 17.8 Å². The molecule has 1 saturated heterocycles. The summed E-state index contributed by atoms with van der Waals surface area (Å²) in [6, 6.07) is 19.9. The molecule has 3 aromatic rings. The number of imide groups is 2. The average Bonchev–Trinajstić information content (AvgIpc) is 3.16. The molecule has 2 N–H and O–H groups in total. The Hall–Kier alpha value is -3.41. The maximum atomic E-state index is 12.2. The van der Waals surface area contributed by atoms with E-state index in [9.17, 15) is 14.4 Å². The predicted octanol–water partition coefficient (Wildman–Crippen LogP) is 3.60. The molecule has 6 nitrogen and oxygen atoms in total. The summed E-state index contributed by atoms with van der Waals surface area (Å²) >= 11 is -0.134. The molecule has 0 aliphatic carbocycles. The fourth-order valence-electron chi connectivity index (χ4n) is 4.12. The second-order valence-corrected chi connectivity index (χ2v) is 10.2. The van der Waals surface area contributed by atoms with Crippen molar-refractivity contribution < 1.29 is 14.4 Å².